The minimum absolute atomic E-state index is 0.136. The summed E-state index contributed by atoms with van der Waals surface area (Å²) in [5.41, 5.74) is 0. The van der Waals surface area contributed by atoms with E-state index in [0.29, 0.717) is 12.8 Å². The van der Waals surface area contributed by atoms with Crippen LogP contribution >= 0.6 is 0 Å². The minimum atomic E-state index is -1.13. The normalized spacial score (nSPS) is 13.1. The molecule has 3 unspecified atom stereocenters. The van der Waals surface area contributed by atoms with E-state index in [0.717, 1.165) is 32.1 Å². The van der Waals surface area contributed by atoms with E-state index in [1.807, 2.05) is 0 Å². The SMILES string of the molecule is CCCCCCCCCCCCCCCCCC/C=C\CCCCCCCCCCCCCCCCCCCC(=O)NC(CO)C(O)C(O)CCCCCCCCCCCCCCCCCCCCCCC. The van der Waals surface area contributed by atoms with E-state index < -0.39 is 18.2 Å². The van der Waals surface area contributed by atoms with Crippen molar-refractivity contribution < 1.29 is 20.1 Å². The average Bonchev–Trinajstić information content (AvgIpc) is 3.39. The second-order valence-electron chi connectivity index (χ2n) is 23.4. The summed E-state index contributed by atoms with van der Waals surface area (Å²) in [6.07, 6.45) is 79.9. The highest BCUT2D eigenvalue weighted by molar-refractivity contribution is 5.76. The molecule has 0 aromatic heterocycles. The summed E-state index contributed by atoms with van der Waals surface area (Å²) < 4.78 is 0. The lowest BCUT2D eigenvalue weighted by Crippen LogP contribution is -2.50. The van der Waals surface area contributed by atoms with Crippen LogP contribution in [0.3, 0.4) is 0 Å². The number of unbranched alkanes of at least 4 members (excludes halogenated alkanes) is 53. The zero-order valence-electron chi connectivity index (χ0n) is 49.4. The third-order valence-corrected chi connectivity index (χ3v) is 16.1. The topological polar surface area (TPSA) is 89.8 Å². The van der Waals surface area contributed by atoms with Gasteiger partial charge in [0.2, 0.25) is 5.91 Å². The van der Waals surface area contributed by atoms with Gasteiger partial charge in [-0.3, -0.25) is 4.79 Å². The number of allylic oxidation sites excluding steroid dienone is 2. The highest BCUT2D eigenvalue weighted by Crippen LogP contribution is 2.19. The number of nitrogens with one attached hydrogen (secondary N) is 1. The predicted molar refractivity (Wildman–Crippen MR) is 319 cm³/mol. The van der Waals surface area contributed by atoms with E-state index in [-0.39, 0.29) is 12.5 Å². The van der Waals surface area contributed by atoms with Crippen molar-refractivity contribution in [1.82, 2.24) is 5.32 Å². The van der Waals surface area contributed by atoms with Gasteiger partial charge >= 0.3 is 0 Å². The Morgan fingerprint density at radius 3 is 0.806 bits per heavy atom. The van der Waals surface area contributed by atoms with Crippen LogP contribution < -0.4 is 5.32 Å². The lowest BCUT2D eigenvalue weighted by molar-refractivity contribution is -0.124. The Balaban J connectivity index is 3.44. The summed E-state index contributed by atoms with van der Waals surface area (Å²) in [5.74, 6) is -0.136. The van der Waals surface area contributed by atoms with Gasteiger partial charge in [0.1, 0.15) is 6.10 Å². The molecule has 72 heavy (non-hydrogen) atoms. The van der Waals surface area contributed by atoms with Crippen LogP contribution in [0.5, 0.6) is 0 Å². The first kappa shape index (κ1) is 71.1. The standard InChI is InChI=1S/C67H133NO4/c1-3-5-7-9-11-13-15-17-19-21-23-25-26-27-28-29-30-31-32-33-34-35-36-37-38-39-40-42-44-46-48-50-52-54-56-58-60-62-66(71)68-64(63-69)67(72)65(70)61-59-57-55-53-51-49-47-45-43-41-24-22-20-18-16-14-12-10-8-6-4-2/h31-32,64-65,67,69-70,72H,3-30,33-63H2,1-2H3,(H,68,71)/b32-31-. The maximum atomic E-state index is 12.6. The molecular weight excluding hydrogens is 883 g/mol. The van der Waals surface area contributed by atoms with Crippen molar-refractivity contribution in [2.24, 2.45) is 0 Å². The first-order chi connectivity index (χ1) is 35.6. The summed E-state index contributed by atoms with van der Waals surface area (Å²) in [4.78, 5) is 12.6. The van der Waals surface area contributed by atoms with Crippen LogP contribution in [-0.4, -0.2) is 46.1 Å². The smallest absolute Gasteiger partial charge is 0.220 e. The van der Waals surface area contributed by atoms with Gasteiger partial charge in [-0.15, -0.1) is 0 Å². The largest absolute Gasteiger partial charge is 0.394 e. The van der Waals surface area contributed by atoms with Gasteiger partial charge in [-0.2, -0.15) is 0 Å². The van der Waals surface area contributed by atoms with Crippen molar-refractivity contribution in [2.45, 2.75) is 405 Å². The molecule has 0 bridgehead atoms. The fraction of sp³-hybridized carbons (Fsp3) is 0.955. The van der Waals surface area contributed by atoms with E-state index in [2.05, 4.69) is 31.3 Å². The second-order valence-corrected chi connectivity index (χ2v) is 23.4. The summed E-state index contributed by atoms with van der Waals surface area (Å²) in [7, 11) is 0. The molecule has 0 saturated carbocycles. The molecule has 0 aliphatic rings. The number of carbonyl (C=O) groups excluding carboxylic acids is 1. The molecule has 5 nitrogen and oxygen atoms in total. The van der Waals surface area contributed by atoms with Gasteiger partial charge < -0.3 is 20.6 Å². The van der Waals surface area contributed by atoms with Crippen molar-refractivity contribution in [2.75, 3.05) is 6.61 Å². The van der Waals surface area contributed by atoms with Crippen molar-refractivity contribution in [3.05, 3.63) is 12.2 Å². The van der Waals surface area contributed by atoms with E-state index in [1.54, 1.807) is 0 Å². The predicted octanol–water partition coefficient (Wildman–Crippen LogP) is 21.4. The van der Waals surface area contributed by atoms with Crippen LogP contribution in [0, 0.1) is 0 Å². The molecule has 0 saturated heterocycles. The van der Waals surface area contributed by atoms with Gasteiger partial charge in [0.25, 0.3) is 0 Å². The van der Waals surface area contributed by atoms with Crippen molar-refractivity contribution in [3.8, 4) is 0 Å². The van der Waals surface area contributed by atoms with Crippen LogP contribution in [0.25, 0.3) is 0 Å². The quantitative estimate of drug-likeness (QED) is 0.0361. The number of aliphatic hydroxyl groups excluding tert-OH is 3. The summed E-state index contributed by atoms with van der Waals surface area (Å²) in [6.45, 7) is 4.23. The lowest BCUT2D eigenvalue weighted by Gasteiger charge is -2.26. The molecule has 0 aliphatic carbocycles. The number of amides is 1. The summed E-state index contributed by atoms with van der Waals surface area (Å²) in [6, 6.07) is -0.807. The summed E-state index contributed by atoms with van der Waals surface area (Å²) in [5, 5.41) is 33.9. The lowest BCUT2D eigenvalue weighted by atomic mass is 9.99. The molecule has 5 heteroatoms. The molecule has 0 fully saturated rings. The Bertz CT molecular complexity index is 1030. The molecule has 0 aromatic rings. The molecule has 0 rings (SSSR count). The fourth-order valence-corrected chi connectivity index (χ4v) is 11.0. The third kappa shape index (κ3) is 56.8. The fourth-order valence-electron chi connectivity index (χ4n) is 11.0. The molecule has 3 atom stereocenters. The minimum Gasteiger partial charge on any atom is -0.394 e. The van der Waals surface area contributed by atoms with Crippen LogP contribution in [0.2, 0.25) is 0 Å². The van der Waals surface area contributed by atoms with Crippen LogP contribution in [0.15, 0.2) is 12.2 Å². The zero-order chi connectivity index (χ0) is 52.2. The van der Waals surface area contributed by atoms with Gasteiger partial charge in [0, 0.05) is 6.42 Å². The number of carbonyl (C=O) groups is 1. The van der Waals surface area contributed by atoms with Crippen molar-refractivity contribution in [3.63, 3.8) is 0 Å². The molecule has 0 aromatic carbocycles. The molecule has 0 radical (unpaired) electrons. The average molecular weight is 1020 g/mol. The van der Waals surface area contributed by atoms with Crippen LogP contribution in [0.4, 0.5) is 0 Å². The Labute approximate surface area is 452 Å². The molecular formula is C67H133NO4. The first-order valence-electron chi connectivity index (χ1n) is 33.5. The highest BCUT2D eigenvalue weighted by Gasteiger charge is 2.26. The molecule has 0 spiro atoms. The van der Waals surface area contributed by atoms with Crippen molar-refractivity contribution in [1.29, 1.82) is 0 Å². The number of aliphatic hydroxyl groups is 3. The number of hydrogen-bond donors (Lipinski definition) is 4. The summed E-state index contributed by atoms with van der Waals surface area (Å²) >= 11 is 0. The molecule has 1 amide bonds. The van der Waals surface area contributed by atoms with Gasteiger partial charge in [-0.05, 0) is 38.5 Å². The van der Waals surface area contributed by atoms with Gasteiger partial charge in [-0.25, -0.2) is 0 Å². The first-order valence-corrected chi connectivity index (χ1v) is 33.5. The maximum absolute atomic E-state index is 12.6. The zero-order valence-corrected chi connectivity index (χ0v) is 49.4. The van der Waals surface area contributed by atoms with E-state index in [4.69, 9.17) is 0 Å². The van der Waals surface area contributed by atoms with Gasteiger partial charge in [-0.1, -0.05) is 353 Å². The van der Waals surface area contributed by atoms with E-state index in [9.17, 15) is 20.1 Å². The van der Waals surface area contributed by atoms with Crippen LogP contribution in [-0.2, 0) is 4.79 Å². The monoisotopic (exact) mass is 1020 g/mol. The molecule has 430 valence electrons. The Morgan fingerprint density at radius 2 is 0.556 bits per heavy atom. The second kappa shape index (κ2) is 62.6. The Morgan fingerprint density at radius 1 is 0.333 bits per heavy atom. The number of hydrogen-bond acceptors (Lipinski definition) is 4. The molecule has 4 N–H and O–H groups in total. The van der Waals surface area contributed by atoms with Gasteiger partial charge in [0.05, 0.1) is 18.8 Å². The van der Waals surface area contributed by atoms with Gasteiger partial charge in [0.15, 0.2) is 0 Å². The highest BCUT2D eigenvalue weighted by atomic mass is 16.3. The number of rotatable bonds is 63. The Kier molecular flexibility index (Phi) is 61.8. The maximum Gasteiger partial charge on any atom is 0.220 e. The van der Waals surface area contributed by atoms with Crippen LogP contribution in [0.1, 0.15) is 386 Å². The van der Waals surface area contributed by atoms with E-state index >= 15 is 0 Å². The van der Waals surface area contributed by atoms with E-state index in [1.165, 1.54) is 327 Å². The van der Waals surface area contributed by atoms with Crippen molar-refractivity contribution >= 4 is 5.91 Å². The third-order valence-electron chi connectivity index (χ3n) is 16.1. The molecule has 0 aliphatic heterocycles. The molecule has 0 heterocycles. The Hall–Kier alpha value is -0.910.